The lowest BCUT2D eigenvalue weighted by Crippen LogP contribution is -2.43. The minimum atomic E-state index is -0.103. The van der Waals surface area contributed by atoms with Gasteiger partial charge in [-0.3, -0.25) is 4.79 Å². The van der Waals surface area contributed by atoms with E-state index in [0.717, 1.165) is 24.9 Å². The summed E-state index contributed by atoms with van der Waals surface area (Å²) >= 11 is 5.98. The molecular weight excluding hydrogens is 320 g/mol. The van der Waals surface area contributed by atoms with E-state index in [2.05, 4.69) is 25.3 Å². The maximum Gasteiger partial charge on any atom is 0.226 e. The Morgan fingerprint density at radius 3 is 3.22 bits per heavy atom. The first-order valence-electron chi connectivity index (χ1n) is 7.69. The number of H-pyrrole nitrogens is 1. The van der Waals surface area contributed by atoms with Gasteiger partial charge in [0.1, 0.15) is 5.52 Å². The maximum absolute atomic E-state index is 12.2. The van der Waals surface area contributed by atoms with Crippen molar-refractivity contribution in [2.45, 2.75) is 19.3 Å². The zero-order valence-electron chi connectivity index (χ0n) is 12.6. The second kappa shape index (κ2) is 7.10. The molecule has 1 unspecified atom stereocenters. The number of aliphatic hydroxyl groups excluding tert-OH is 1. The summed E-state index contributed by atoms with van der Waals surface area (Å²) in [5, 5.41) is 11.8. The molecule has 1 fully saturated rings. The molecule has 0 radical (unpaired) electrons. The molecule has 0 bridgehead atoms. The van der Waals surface area contributed by atoms with Gasteiger partial charge in [-0.05, 0) is 30.9 Å². The first-order chi connectivity index (χ1) is 11.2. The molecule has 0 spiro atoms. The van der Waals surface area contributed by atoms with Crippen LogP contribution in [0.25, 0.3) is 11.2 Å². The molecule has 124 valence electrons. The number of rotatable bonds is 5. The summed E-state index contributed by atoms with van der Waals surface area (Å²) in [7, 11) is 0. The highest BCUT2D eigenvalue weighted by Crippen LogP contribution is 2.27. The Labute approximate surface area is 138 Å². The molecule has 1 aliphatic heterocycles. The third kappa shape index (κ3) is 3.53. The van der Waals surface area contributed by atoms with Crippen molar-refractivity contribution in [2.75, 3.05) is 31.1 Å². The molecule has 0 saturated carbocycles. The Morgan fingerprint density at radius 1 is 1.52 bits per heavy atom. The lowest BCUT2D eigenvalue weighted by molar-refractivity contribution is -0.125. The third-order valence-electron chi connectivity index (χ3n) is 3.97. The number of nitrogens with zero attached hydrogens (tertiary/aromatic N) is 4. The number of fused-ring (bicyclic) bond motifs is 1. The van der Waals surface area contributed by atoms with Gasteiger partial charge in [0.15, 0.2) is 11.5 Å². The lowest BCUT2D eigenvalue weighted by atomic mass is 9.97. The number of aromatic amines is 1. The monoisotopic (exact) mass is 338 g/mol. The number of nitrogens with one attached hydrogen (secondary N) is 2. The quantitative estimate of drug-likeness (QED) is 0.548. The number of carbonyl (C=O) groups is 1. The minimum absolute atomic E-state index is 0.0177. The molecule has 23 heavy (non-hydrogen) atoms. The third-order valence-corrected chi connectivity index (χ3v) is 4.13. The predicted molar refractivity (Wildman–Crippen MR) is 86.3 cm³/mol. The van der Waals surface area contributed by atoms with Gasteiger partial charge in [-0.25, -0.2) is 4.98 Å². The van der Waals surface area contributed by atoms with E-state index in [1.54, 1.807) is 6.33 Å². The van der Waals surface area contributed by atoms with Crippen LogP contribution in [0, 0.1) is 5.92 Å². The van der Waals surface area contributed by atoms with Gasteiger partial charge in [0, 0.05) is 26.2 Å². The maximum atomic E-state index is 12.2. The van der Waals surface area contributed by atoms with Gasteiger partial charge >= 0.3 is 0 Å². The molecule has 9 heteroatoms. The van der Waals surface area contributed by atoms with Crippen molar-refractivity contribution in [1.29, 1.82) is 0 Å². The van der Waals surface area contributed by atoms with Crippen LogP contribution >= 0.6 is 11.6 Å². The van der Waals surface area contributed by atoms with Crippen LogP contribution in [0.1, 0.15) is 19.3 Å². The topological polar surface area (TPSA) is 107 Å². The van der Waals surface area contributed by atoms with Crippen LogP contribution in [0.5, 0.6) is 0 Å². The van der Waals surface area contributed by atoms with Gasteiger partial charge in [-0.15, -0.1) is 0 Å². The molecule has 3 rings (SSSR count). The fourth-order valence-corrected chi connectivity index (χ4v) is 3.00. The highest BCUT2D eigenvalue weighted by Gasteiger charge is 2.28. The zero-order valence-corrected chi connectivity index (χ0v) is 13.4. The highest BCUT2D eigenvalue weighted by atomic mass is 35.5. The molecule has 0 aliphatic carbocycles. The van der Waals surface area contributed by atoms with E-state index in [0.29, 0.717) is 31.0 Å². The fraction of sp³-hybridized carbons (Fsp3) is 0.571. The summed E-state index contributed by atoms with van der Waals surface area (Å²) in [6, 6.07) is 0. The molecule has 2 aromatic heterocycles. The Balaban J connectivity index is 1.75. The van der Waals surface area contributed by atoms with Crippen molar-refractivity contribution in [3.8, 4) is 0 Å². The van der Waals surface area contributed by atoms with E-state index in [1.807, 2.05) is 4.90 Å². The van der Waals surface area contributed by atoms with Crippen molar-refractivity contribution in [3.63, 3.8) is 0 Å². The zero-order chi connectivity index (χ0) is 16.2. The standard InChI is InChI=1S/C14H19ClN6O2/c15-14-19-11-10(17-8-18-11)12(20-14)21-5-1-3-9(7-21)13(23)16-4-2-6-22/h8-9,22H,1-7H2,(H,16,23)(H,17,18,19,20). The summed E-state index contributed by atoms with van der Waals surface area (Å²) in [5.74, 6) is 0.601. The number of aromatic nitrogens is 4. The van der Waals surface area contributed by atoms with E-state index in [1.165, 1.54) is 0 Å². The van der Waals surface area contributed by atoms with Gasteiger partial charge in [0.05, 0.1) is 12.2 Å². The smallest absolute Gasteiger partial charge is 0.226 e. The summed E-state index contributed by atoms with van der Waals surface area (Å²) in [5.41, 5.74) is 1.25. The van der Waals surface area contributed by atoms with Crippen LogP contribution in [0.4, 0.5) is 5.82 Å². The van der Waals surface area contributed by atoms with Gasteiger partial charge in [-0.2, -0.15) is 9.97 Å². The second-order valence-electron chi connectivity index (χ2n) is 5.57. The number of anilines is 1. The molecule has 1 atom stereocenters. The number of imidazole rings is 1. The van der Waals surface area contributed by atoms with Crippen molar-refractivity contribution < 1.29 is 9.90 Å². The molecule has 2 aromatic rings. The average Bonchev–Trinajstić information content (AvgIpc) is 3.02. The summed E-state index contributed by atoms with van der Waals surface area (Å²) in [6.07, 6.45) is 3.86. The highest BCUT2D eigenvalue weighted by molar-refractivity contribution is 6.28. The summed E-state index contributed by atoms with van der Waals surface area (Å²) in [4.78, 5) is 29.8. The summed E-state index contributed by atoms with van der Waals surface area (Å²) in [6.45, 7) is 1.96. The van der Waals surface area contributed by atoms with Crippen LogP contribution in [-0.2, 0) is 4.79 Å². The number of hydrogen-bond acceptors (Lipinski definition) is 6. The van der Waals surface area contributed by atoms with Crippen molar-refractivity contribution in [2.24, 2.45) is 5.92 Å². The van der Waals surface area contributed by atoms with Gasteiger partial charge in [0.2, 0.25) is 11.2 Å². The molecule has 1 saturated heterocycles. The Morgan fingerprint density at radius 2 is 2.39 bits per heavy atom. The molecule has 3 N–H and O–H groups in total. The average molecular weight is 339 g/mol. The molecular formula is C14H19ClN6O2. The van der Waals surface area contributed by atoms with E-state index >= 15 is 0 Å². The van der Waals surface area contributed by atoms with Gasteiger partial charge in [-0.1, -0.05) is 0 Å². The van der Waals surface area contributed by atoms with Crippen LogP contribution in [0.3, 0.4) is 0 Å². The first kappa shape index (κ1) is 15.9. The van der Waals surface area contributed by atoms with Gasteiger partial charge in [0.25, 0.3) is 0 Å². The van der Waals surface area contributed by atoms with E-state index in [9.17, 15) is 4.79 Å². The van der Waals surface area contributed by atoms with Crippen LogP contribution in [0.15, 0.2) is 6.33 Å². The number of piperidine rings is 1. The van der Waals surface area contributed by atoms with Crippen molar-refractivity contribution >= 4 is 34.5 Å². The van der Waals surface area contributed by atoms with E-state index < -0.39 is 0 Å². The van der Waals surface area contributed by atoms with Crippen LogP contribution in [-0.4, -0.2) is 57.2 Å². The SMILES string of the molecule is O=C(NCCCO)C1CCCN(c2nc(Cl)nc3nc[nH]c23)C1. The molecule has 3 heterocycles. The minimum Gasteiger partial charge on any atom is -0.396 e. The Bertz CT molecular complexity index is 691. The predicted octanol–water partition coefficient (Wildman–Crippen LogP) is 0.721. The van der Waals surface area contributed by atoms with Crippen molar-refractivity contribution in [3.05, 3.63) is 11.6 Å². The largest absolute Gasteiger partial charge is 0.396 e. The molecule has 1 aliphatic rings. The van der Waals surface area contributed by atoms with E-state index in [4.69, 9.17) is 16.7 Å². The summed E-state index contributed by atoms with van der Waals surface area (Å²) < 4.78 is 0. The van der Waals surface area contributed by atoms with Crippen molar-refractivity contribution in [1.82, 2.24) is 25.3 Å². The number of hydrogen-bond donors (Lipinski definition) is 3. The van der Waals surface area contributed by atoms with Crippen LogP contribution < -0.4 is 10.2 Å². The Kier molecular flexibility index (Phi) is 4.92. The van der Waals surface area contributed by atoms with E-state index in [-0.39, 0.29) is 23.7 Å². The molecule has 1 amide bonds. The number of halogens is 1. The Hall–Kier alpha value is -1.93. The molecule has 0 aromatic carbocycles. The first-order valence-corrected chi connectivity index (χ1v) is 8.07. The second-order valence-corrected chi connectivity index (χ2v) is 5.91. The number of carbonyl (C=O) groups excluding carboxylic acids is 1. The van der Waals surface area contributed by atoms with Gasteiger partial charge < -0.3 is 20.3 Å². The fourth-order valence-electron chi connectivity index (χ4n) is 2.84. The van der Waals surface area contributed by atoms with Crippen LogP contribution in [0.2, 0.25) is 5.28 Å². The number of aliphatic hydroxyl groups is 1. The normalized spacial score (nSPS) is 18.3. The lowest BCUT2D eigenvalue weighted by Gasteiger charge is -2.33. The number of amides is 1. The molecule has 8 nitrogen and oxygen atoms in total.